The first-order chi connectivity index (χ1) is 15.7. The number of likely N-dealkylation sites (tertiary alicyclic amines) is 1. The van der Waals surface area contributed by atoms with Gasteiger partial charge in [-0.1, -0.05) is 6.07 Å². The van der Waals surface area contributed by atoms with Crippen LogP contribution < -0.4 is 5.32 Å². The molecular formula is C24H24N6O2. The van der Waals surface area contributed by atoms with Crippen molar-refractivity contribution in [3.63, 3.8) is 0 Å². The summed E-state index contributed by atoms with van der Waals surface area (Å²) in [4.78, 5) is 24.4. The third-order valence-corrected chi connectivity index (χ3v) is 5.88. The van der Waals surface area contributed by atoms with E-state index in [0.29, 0.717) is 22.3 Å². The average Bonchev–Trinajstić information content (AvgIpc) is 3.30. The molecule has 0 bridgehead atoms. The molecule has 4 aromatic rings. The number of nitrogens with one attached hydrogen (secondary N) is 2. The number of H-pyrrole nitrogens is 1. The topological polar surface area (TPSA) is 107 Å². The average molecular weight is 428 g/mol. The Morgan fingerprint density at radius 3 is 2.72 bits per heavy atom. The predicted molar refractivity (Wildman–Crippen MR) is 121 cm³/mol. The Balaban J connectivity index is 1.29. The zero-order valence-electron chi connectivity index (χ0n) is 17.5. The van der Waals surface area contributed by atoms with E-state index in [-0.39, 0.29) is 17.7 Å². The van der Waals surface area contributed by atoms with Gasteiger partial charge in [0.2, 0.25) is 0 Å². The normalized spacial score (nSPS) is 15.1. The van der Waals surface area contributed by atoms with Crippen LogP contribution in [0.15, 0.2) is 61.1 Å². The van der Waals surface area contributed by atoms with E-state index in [1.54, 1.807) is 42.7 Å². The van der Waals surface area contributed by atoms with Crippen molar-refractivity contribution in [2.24, 2.45) is 0 Å². The van der Waals surface area contributed by atoms with E-state index >= 15 is 0 Å². The van der Waals surface area contributed by atoms with E-state index in [2.05, 4.69) is 36.4 Å². The number of aromatic amines is 1. The molecular weight excluding hydrogens is 404 g/mol. The van der Waals surface area contributed by atoms with Crippen molar-refractivity contribution in [3.05, 3.63) is 72.2 Å². The molecule has 0 radical (unpaired) electrons. The van der Waals surface area contributed by atoms with Crippen LogP contribution >= 0.6 is 0 Å². The lowest BCUT2D eigenvalue weighted by Gasteiger charge is -2.32. The summed E-state index contributed by atoms with van der Waals surface area (Å²) >= 11 is 0. The maximum Gasteiger partial charge on any atom is 0.252 e. The molecule has 0 atom stereocenters. The summed E-state index contributed by atoms with van der Waals surface area (Å²) in [6.45, 7) is 2.73. The summed E-state index contributed by atoms with van der Waals surface area (Å²) in [5.41, 5.74) is 3.78. The summed E-state index contributed by atoms with van der Waals surface area (Å²) in [7, 11) is 0. The molecule has 0 saturated carbocycles. The molecule has 3 N–H and O–H groups in total. The van der Waals surface area contributed by atoms with Crippen molar-refractivity contribution in [1.82, 2.24) is 30.4 Å². The highest BCUT2D eigenvalue weighted by Gasteiger charge is 2.23. The van der Waals surface area contributed by atoms with Gasteiger partial charge in [0.1, 0.15) is 5.75 Å². The van der Waals surface area contributed by atoms with Gasteiger partial charge in [-0.3, -0.25) is 19.8 Å². The number of hydrogen-bond donors (Lipinski definition) is 3. The van der Waals surface area contributed by atoms with Gasteiger partial charge in [0, 0.05) is 43.6 Å². The van der Waals surface area contributed by atoms with Crippen LogP contribution in [0.4, 0.5) is 0 Å². The van der Waals surface area contributed by atoms with Gasteiger partial charge in [0.25, 0.3) is 5.91 Å². The van der Waals surface area contributed by atoms with Crippen LogP contribution in [-0.4, -0.2) is 55.2 Å². The largest absolute Gasteiger partial charge is 0.508 e. The number of carbonyl (C=O) groups excluding carboxylic acids is 1. The van der Waals surface area contributed by atoms with E-state index in [0.717, 1.165) is 38.0 Å². The number of phenolic OH excluding ortho intramolecular Hbond substituents is 1. The molecule has 8 heteroatoms. The van der Waals surface area contributed by atoms with E-state index in [1.807, 2.05) is 12.3 Å². The van der Waals surface area contributed by atoms with Crippen LogP contribution in [0.5, 0.6) is 5.75 Å². The van der Waals surface area contributed by atoms with Gasteiger partial charge in [0.15, 0.2) is 5.65 Å². The van der Waals surface area contributed by atoms with Gasteiger partial charge in [-0.2, -0.15) is 5.10 Å². The Hall–Kier alpha value is -3.78. The number of benzene rings is 1. The quantitative estimate of drug-likeness (QED) is 0.451. The number of nitrogens with zero attached hydrogens (tertiary/aromatic N) is 4. The predicted octanol–water partition coefficient (Wildman–Crippen LogP) is 3.12. The molecule has 0 spiro atoms. The summed E-state index contributed by atoms with van der Waals surface area (Å²) in [6, 6.07) is 12.7. The van der Waals surface area contributed by atoms with Crippen molar-refractivity contribution in [3.8, 4) is 17.0 Å². The molecule has 5 rings (SSSR count). The lowest BCUT2D eigenvalue weighted by molar-refractivity contribution is 0.0910. The molecule has 1 saturated heterocycles. The van der Waals surface area contributed by atoms with Crippen molar-refractivity contribution in [2.75, 3.05) is 13.1 Å². The molecule has 3 aromatic heterocycles. The van der Waals surface area contributed by atoms with Gasteiger partial charge in [-0.05, 0) is 54.8 Å². The minimum Gasteiger partial charge on any atom is -0.508 e. The number of aromatic hydroxyl groups is 1. The van der Waals surface area contributed by atoms with Crippen molar-refractivity contribution in [1.29, 1.82) is 0 Å². The van der Waals surface area contributed by atoms with Crippen LogP contribution in [-0.2, 0) is 6.54 Å². The summed E-state index contributed by atoms with van der Waals surface area (Å²) < 4.78 is 0. The standard InChI is InChI=1S/C24H24N6O2/c31-19-5-3-17(4-6-19)22-12-20(21-14-26-29-23(21)28-22)24(32)27-18-7-10-30(11-8-18)15-16-2-1-9-25-13-16/h1-6,9,12-14,18,31H,7-8,10-11,15H2,(H,27,32)(H,26,28,29). The number of rotatable bonds is 5. The lowest BCUT2D eigenvalue weighted by Crippen LogP contribution is -2.44. The molecule has 1 amide bonds. The first-order valence-corrected chi connectivity index (χ1v) is 10.7. The van der Waals surface area contributed by atoms with Crippen molar-refractivity contribution in [2.45, 2.75) is 25.4 Å². The number of carbonyl (C=O) groups is 1. The van der Waals surface area contributed by atoms with Gasteiger partial charge >= 0.3 is 0 Å². The number of piperidine rings is 1. The van der Waals surface area contributed by atoms with Crippen LogP contribution in [0.3, 0.4) is 0 Å². The molecule has 8 nitrogen and oxygen atoms in total. The van der Waals surface area contributed by atoms with Crippen LogP contribution in [0.1, 0.15) is 28.8 Å². The fourth-order valence-electron chi connectivity index (χ4n) is 4.15. The molecule has 0 aliphatic carbocycles. The third-order valence-electron chi connectivity index (χ3n) is 5.88. The molecule has 162 valence electrons. The number of aromatic nitrogens is 4. The van der Waals surface area contributed by atoms with Gasteiger partial charge in [-0.25, -0.2) is 4.98 Å². The zero-order valence-corrected chi connectivity index (χ0v) is 17.5. The van der Waals surface area contributed by atoms with Crippen molar-refractivity contribution >= 4 is 16.9 Å². The maximum atomic E-state index is 13.2. The van der Waals surface area contributed by atoms with Crippen molar-refractivity contribution < 1.29 is 9.90 Å². The Labute approximate surface area is 185 Å². The lowest BCUT2D eigenvalue weighted by atomic mass is 10.0. The second-order valence-electron chi connectivity index (χ2n) is 8.12. The highest BCUT2D eigenvalue weighted by molar-refractivity contribution is 6.06. The molecule has 32 heavy (non-hydrogen) atoms. The number of amides is 1. The monoisotopic (exact) mass is 428 g/mol. The molecule has 1 aliphatic rings. The van der Waals surface area contributed by atoms with Gasteiger partial charge in [-0.15, -0.1) is 0 Å². The maximum absolute atomic E-state index is 13.2. The van der Waals surface area contributed by atoms with E-state index in [9.17, 15) is 9.90 Å². The molecule has 1 aromatic carbocycles. The highest BCUT2D eigenvalue weighted by Crippen LogP contribution is 2.25. The first kappa shape index (κ1) is 20.1. The fourth-order valence-corrected chi connectivity index (χ4v) is 4.15. The summed E-state index contributed by atoms with van der Waals surface area (Å²) in [5.74, 6) is 0.0637. The summed E-state index contributed by atoms with van der Waals surface area (Å²) in [6.07, 6.45) is 7.12. The van der Waals surface area contributed by atoms with Gasteiger partial charge in [0.05, 0.1) is 22.8 Å². The summed E-state index contributed by atoms with van der Waals surface area (Å²) in [5, 5.41) is 20.4. The number of fused-ring (bicyclic) bond motifs is 1. The smallest absolute Gasteiger partial charge is 0.252 e. The van der Waals surface area contributed by atoms with Crippen LogP contribution in [0.2, 0.25) is 0 Å². The number of hydrogen-bond acceptors (Lipinski definition) is 6. The minimum absolute atomic E-state index is 0.121. The Kier molecular flexibility index (Phi) is 5.51. The minimum atomic E-state index is -0.121. The second kappa shape index (κ2) is 8.76. The second-order valence-corrected chi connectivity index (χ2v) is 8.12. The molecule has 4 heterocycles. The molecule has 1 fully saturated rings. The number of pyridine rings is 2. The highest BCUT2D eigenvalue weighted by atomic mass is 16.3. The SMILES string of the molecule is O=C(NC1CCN(Cc2cccnc2)CC1)c1cc(-c2ccc(O)cc2)nc2[nH]ncc12. The Morgan fingerprint density at radius 2 is 1.97 bits per heavy atom. The molecule has 0 unspecified atom stereocenters. The van der Waals surface area contributed by atoms with E-state index in [1.165, 1.54) is 5.56 Å². The zero-order chi connectivity index (χ0) is 21.9. The van der Waals surface area contributed by atoms with E-state index in [4.69, 9.17) is 0 Å². The number of phenols is 1. The van der Waals surface area contributed by atoms with Crippen LogP contribution in [0, 0.1) is 0 Å². The Morgan fingerprint density at radius 1 is 1.16 bits per heavy atom. The fraction of sp³-hybridized carbons (Fsp3) is 0.250. The molecule has 1 aliphatic heterocycles. The third kappa shape index (κ3) is 4.31. The van der Waals surface area contributed by atoms with Crippen LogP contribution in [0.25, 0.3) is 22.3 Å². The van der Waals surface area contributed by atoms with Gasteiger partial charge < -0.3 is 10.4 Å². The van der Waals surface area contributed by atoms with E-state index < -0.39 is 0 Å². The Bertz CT molecular complexity index is 1210. The first-order valence-electron chi connectivity index (χ1n) is 10.7.